The lowest BCUT2D eigenvalue weighted by Crippen LogP contribution is -2.39. The van der Waals surface area contributed by atoms with E-state index < -0.39 is 0 Å². The summed E-state index contributed by atoms with van der Waals surface area (Å²) in [5, 5.41) is 3.02. The Labute approximate surface area is 148 Å². The van der Waals surface area contributed by atoms with Crippen LogP contribution in [0.1, 0.15) is 41.4 Å². The molecule has 1 fully saturated rings. The van der Waals surface area contributed by atoms with Gasteiger partial charge in [0.05, 0.1) is 25.4 Å². The van der Waals surface area contributed by atoms with E-state index in [1.54, 1.807) is 13.3 Å². The van der Waals surface area contributed by atoms with Crippen LogP contribution in [0.25, 0.3) is 0 Å². The monoisotopic (exact) mass is 342 g/mol. The van der Waals surface area contributed by atoms with Crippen molar-refractivity contribution in [3.63, 3.8) is 0 Å². The molecule has 1 aliphatic heterocycles. The summed E-state index contributed by atoms with van der Waals surface area (Å²) in [7, 11) is 3.68. The van der Waals surface area contributed by atoms with Crippen LogP contribution in [0.4, 0.5) is 4.79 Å². The first-order chi connectivity index (χ1) is 12.0. The average molecular weight is 342 g/mol. The number of carbonyl (C=O) groups excluding carboxylic acids is 1. The summed E-state index contributed by atoms with van der Waals surface area (Å²) >= 11 is 0. The summed E-state index contributed by atoms with van der Waals surface area (Å²) in [6.07, 6.45) is 5.84. The molecule has 1 N–H and O–H groups in total. The molecule has 1 atom stereocenters. The number of urea groups is 1. The number of rotatable bonds is 4. The molecule has 3 heterocycles. The Hall–Kier alpha value is -2.50. The van der Waals surface area contributed by atoms with Gasteiger partial charge in [0.2, 0.25) is 0 Å². The third-order valence-electron chi connectivity index (χ3n) is 5.00. The minimum absolute atomic E-state index is 0.0376. The molecule has 2 aromatic rings. The largest absolute Gasteiger partial charge is 0.496 e. The number of amides is 2. The zero-order valence-electron chi connectivity index (χ0n) is 15.4. The number of carbonyl (C=O) groups is 1. The smallest absolute Gasteiger partial charge is 0.318 e. The van der Waals surface area contributed by atoms with Crippen LogP contribution in [-0.4, -0.2) is 34.1 Å². The highest BCUT2D eigenvalue weighted by molar-refractivity contribution is 5.75. The third-order valence-corrected chi connectivity index (χ3v) is 5.00. The van der Waals surface area contributed by atoms with E-state index in [4.69, 9.17) is 4.74 Å². The van der Waals surface area contributed by atoms with Crippen molar-refractivity contribution >= 4 is 6.03 Å². The predicted molar refractivity (Wildman–Crippen MR) is 96.6 cm³/mol. The molecule has 0 saturated carbocycles. The van der Waals surface area contributed by atoms with Crippen LogP contribution in [0.2, 0.25) is 0 Å². The highest BCUT2D eigenvalue weighted by Crippen LogP contribution is 2.32. The number of likely N-dealkylation sites (tertiary alicyclic amines) is 1. The molecule has 2 amide bonds. The number of aromatic nitrogens is 2. The Kier molecular flexibility index (Phi) is 4.97. The van der Waals surface area contributed by atoms with Gasteiger partial charge in [-0.05, 0) is 38.8 Å². The normalized spacial score (nSPS) is 17.0. The van der Waals surface area contributed by atoms with Gasteiger partial charge in [0.15, 0.2) is 0 Å². The summed E-state index contributed by atoms with van der Waals surface area (Å²) < 4.78 is 7.53. The Morgan fingerprint density at radius 2 is 2.24 bits per heavy atom. The van der Waals surface area contributed by atoms with Gasteiger partial charge in [0.25, 0.3) is 0 Å². The summed E-state index contributed by atoms with van der Waals surface area (Å²) in [6.45, 7) is 5.13. The van der Waals surface area contributed by atoms with Gasteiger partial charge in [0.1, 0.15) is 5.75 Å². The first-order valence-corrected chi connectivity index (χ1v) is 8.67. The Morgan fingerprint density at radius 1 is 1.44 bits per heavy atom. The zero-order valence-corrected chi connectivity index (χ0v) is 15.4. The Balaban J connectivity index is 1.70. The van der Waals surface area contributed by atoms with Crippen LogP contribution >= 0.6 is 0 Å². The zero-order chi connectivity index (χ0) is 18.0. The van der Waals surface area contributed by atoms with E-state index >= 15 is 0 Å². The van der Waals surface area contributed by atoms with Crippen molar-refractivity contribution < 1.29 is 9.53 Å². The van der Waals surface area contributed by atoms with E-state index in [1.807, 2.05) is 38.1 Å². The molecule has 3 rings (SSSR count). The maximum Gasteiger partial charge on any atom is 0.318 e. The molecular weight excluding hydrogens is 316 g/mol. The molecule has 0 aliphatic carbocycles. The molecule has 2 aromatic heterocycles. The highest BCUT2D eigenvalue weighted by Gasteiger charge is 2.31. The van der Waals surface area contributed by atoms with Crippen LogP contribution < -0.4 is 10.1 Å². The lowest BCUT2D eigenvalue weighted by Gasteiger charge is -2.25. The molecule has 0 unspecified atom stereocenters. The van der Waals surface area contributed by atoms with E-state index in [0.717, 1.165) is 42.0 Å². The Morgan fingerprint density at radius 3 is 2.92 bits per heavy atom. The minimum atomic E-state index is -0.0376. The fourth-order valence-electron chi connectivity index (χ4n) is 3.65. The fraction of sp³-hybridized carbons (Fsp3) is 0.474. The maximum absolute atomic E-state index is 12.7. The number of nitrogens with one attached hydrogen (secondary N) is 1. The first-order valence-electron chi connectivity index (χ1n) is 8.67. The molecule has 134 valence electrons. The third kappa shape index (κ3) is 3.34. The quantitative estimate of drug-likeness (QED) is 0.929. The van der Waals surface area contributed by atoms with Gasteiger partial charge >= 0.3 is 6.03 Å². The van der Waals surface area contributed by atoms with Crippen LogP contribution in [-0.2, 0) is 13.6 Å². The average Bonchev–Trinajstić information content (AvgIpc) is 3.22. The fourth-order valence-corrected chi connectivity index (χ4v) is 3.65. The molecule has 1 saturated heterocycles. The number of hydrogen-bond donors (Lipinski definition) is 1. The minimum Gasteiger partial charge on any atom is -0.496 e. The molecule has 0 spiro atoms. The number of ether oxygens (including phenoxy) is 1. The van der Waals surface area contributed by atoms with E-state index in [9.17, 15) is 4.79 Å². The van der Waals surface area contributed by atoms with Crippen molar-refractivity contribution in [1.82, 2.24) is 19.8 Å². The lowest BCUT2D eigenvalue weighted by atomic mass is 10.1. The number of pyridine rings is 1. The predicted octanol–water partition coefficient (Wildman–Crippen LogP) is 3.09. The standard InChI is InChI=1S/C19H26N4O2/c1-13-11-20-15(14(2)18(13)25-4)12-21-19(24)23-10-6-8-17(23)16-7-5-9-22(16)3/h5,7,9,11,17H,6,8,10,12H2,1-4H3,(H,21,24)/t17-/m0/s1. The van der Waals surface area contributed by atoms with Gasteiger partial charge in [-0.15, -0.1) is 0 Å². The van der Waals surface area contributed by atoms with Gasteiger partial charge < -0.3 is 19.5 Å². The summed E-state index contributed by atoms with van der Waals surface area (Å²) in [5.74, 6) is 0.835. The van der Waals surface area contributed by atoms with Crippen LogP contribution in [0.5, 0.6) is 5.75 Å². The maximum atomic E-state index is 12.7. The molecule has 0 radical (unpaired) electrons. The summed E-state index contributed by atoms with van der Waals surface area (Å²) in [5.41, 5.74) is 3.99. The van der Waals surface area contributed by atoms with Crippen LogP contribution in [0, 0.1) is 13.8 Å². The molecule has 25 heavy (non-hydrogen) atoms. The first kappa shape index (κ1) is 17.3. The van der Waals surface area contributed by atoms with Gasteiger partial charge in [-0.3, -0.25) is 4.98 Å². The second-order valence-corrected chi connectivity index (χ2v) is 6.60. The van der Waals surface area contributed by atoms with Crippen molar-refractivity contribution in [2.75, 3.05) is 13.7 Å². The van der Waals surface area contributed by atoms with Gasteiger partial charge in [-0.1, -0.05) is 0 Å². The molecule has 0 bridgehead atoms. The summed E-state index contributed by atoms with van der Waals surface area (Å²) in [4.78, 5) is 19.1. The SMILES string of the molecule is COc1c(C)cnc(CNC(=O)N2CCC[C@H]2c2cccn2C)c1C. The molecule has 6 heteroatoms. The second kappa shape index (κ2) is 7.17. The number of aryl methyl sites for hydroxylation is 2. The van der Waals surface area contributed by atoms with Gasteiger partial charge in [0, 0.05) is 42.8 Å². The number of methoxy groups -OCH3 is 1. The van der Waals surface area contributed by atoms with Crippen LogP contribution in [0.15, 0.2) is 24.5 Å². The molecule has 0 aromatic carbocycles. The number of hydrogen-bond acceptors (Lipinski definition) is 3. The van der Waals surface area contributed by atoms with Crippen molar-refractivity contribution in [3.8, 4) is 5.75 Å². The lowest BCUT2D eigenvalue weighted by molar-refractivity contribution is 0.190. The van der Waals surface area contributed by atoms with Crippen molar-refractivity contribution in [2.45, 2.75) is 39.3 Å². The van der Waals surface area contributed by atoms with Gasteiger partial charge in [-0.2, -0.15) is 0 Å². The molecule has 6 nitrogen and oxygen atoms in total. The topological polar surface area (TPSA) is 59.4 Å². The molecular formula is C19H26N4O2. The second-order valence-electron chi connectivity index (χ2n) is 6.60. The Bertz CT molecular complexity index is 769. The highest BCUT2D eigenvalue weighted by atomic mass is 16.5. The van der Waals surface area contributed by atoms with E-state index in [0.29, 0.717) is 6.54 Å². The number of nitrogens with zero attached hydrogens (tertiary/aromatic N) is 3. The molecule has 1 aliphatic rings. The van der Waals surface area contributed by atoms with Crippen LogP contribution in [0.3, 0.4) is 0 Å². The van der Waals surface area contributed by atoms with E-state index in [-0.39, 0.29) is 12.1 Å². The van der Waals surface area contributed by atoms with Gasteiger partial charge in [-0.25, -0.2) is 4.79 Å². The van der Waals surface area contributed by atoms with E-state index in [2.05, 4.69) is 20.9 Å². The van der Waals surface area contributed by atoms with E-state index in [1.165, 1.54) is 5.69 Å². The summed E-state index contributed by atoms with van der Waals surface area (Å²) in [6, 6.07) is 4.22. The van der Waals surface area contributed by atoms with Crippen molar-refractivity contribution in [1.29, 1.82) is 0 Å². The van der Waals surface area contributed by atoms with Crippen molar-refractivity contribution in [3.05, 3.63) is 47.0 Å². The van der Waals surface area contributed by atoms with Crippen molar-refractivity contribution in [2.24, 2.45) is 7.05 Å².